The summed E-state index contributed by atoms with van der Waals surface area (Å²) in [6, 6.07) is 6.04. The van der Waals surface area contributed by atoms with E-state index in [1.165, 1.54) is 12.1 Å². The van der Waals surface area contributed by atoms with Gasteiger partial charge in [0.15, 0.2) is 11.6 Å². The van der Waals surface area contributed by atoms with Crippen molar-refractivity contribution in [2.45, 2.75) is 4.90 Å². The predicted molar refractivity (Wildman–Crippen MR) is 86.4 cm³/mol. The van der Waals surface area contributed by atoms with Crippen LogP contribution < -0.4 is 5.14 Å². The van der Waals surface area contributed by atoms with E-state index in [-0.39, 0.29) is 14.9 Å². The maximum atomic E-state index is 11.6. The second-order valence-corrected chi connectivity index (χ2v) is 6.90. The Morgan fingerprint density at radius 2 is 1.78 bits per heavy atom. The molecule has 3 N–H and O–H groups in total. The van der Waals surface area contributed by atoms with Crippen LogP contribution in [0.3, 0.4) is 0 Å². The average molecular weight is 370 g/mol. The highest BCUT2D eigenvalue weighted by molar-refractivity contribution is 7.89. The van der Waals surface area contributed by atoms with Crippen LogP contribution in [0.1, 0.15) is 0 Å². The molecular weight excluding hydrogens is 361 g/mol. The maximum Gasteiger partial charge on any atom is 0.239 e. The van der Waals surface area contributed by atoms with E-state index in [0.29, 0.717) is 17.2 Å². The first-order valence-corrected chi connectivity index (χ1v) is 8.51. The van der Waals surface area contributed by atoms with Crippen molar-refractivity contribution in [2.75, 3.05) is 0 Å². The summed E-state index contributed by atoms with van der Waals surface area (Å²) in [5, 5.41) is 12.1. The number of aromatic amines is 1. The minimum atomic E-state index is -3.99. The van der Waals surface area contributed by atoms with Gasteiger partial charge in [-0.15, -0.1) is 0 Å². The van der Waals surface area contributed by atoms with Gasteiger partial charge in [0.2, 0.25) is 10.0 Å². The number of aromatic nitrogens is 4. The number of H-pyrrole nitrogens is 1. The van der Waals surface area contributed by atoms with E-state index >= 15 is 0 Å². The molecule has 2 aromatic heterocycles. The molecule has 0 aliphatic heterocycles. The standard InChI is InChI=1S/C13H9Cl2N5O2S/c14-9-6-10(15)11(23(16,21)22)5-8(9)13-18-12(19-20-13)7-1-3-17-4-2-7/h1-6H,(H2,16,21,22)(H,18,19,20). The number of hydrogen-bond acceptors (Lipinski definition) is 5. The Labute approximate surface area is 141 Å². The third-order valence-corrected chi connectivity index (χ3v) is 4.70. The number of halogens is 2. The fourth-order valence-corrected chi connectivity index (χ4v) is 3.35. The van der Waals surface area contributed by atoms with Crippen LogP contribution in [0.4, 0.5) is 0 Å². The normalized spacial score (nSPS) is 11.6. The molecule has 3 aromatic rings. The third kappa shape index (κ3) is 3.20. The Morgan fingerprint density at radius 1 is 1.09 bits per heavy atom. The van der Waals surface area contributed by atoms with E-state index < -0.39 is 10.0 Å². The Hall–Kier alpha value is -2.00. The Bertz CT molecular complexity index is 973. The first-order chi connectivity index (χ1) is 10.9. The van der Waals surface area contributed by atoms with Gasteiger partial charge in [-0.05, 0) is 24.3 Å². The molecule has 0 atom stereocenters. The number of hydrogen-bond donors (Lipinski definition) is 2. The lowest BCUT2D eigenvalue weighted by molar-refractivity contribution is 0.598. The molecule has 0 aliphatic carbocycles. The average Bonchev–Trinajstić information content (AvgIpc) is 2.96. The van der Waals surface area contributed by atoms with Gasteiger partial charge in [0.25, 0.3) is 0 Å². The second kappa shape index (κ2) is 5.89. The summed E-state index contributed by atoms with van der Waals surface area (Å²) in [6.45, 7) is 0. The highest BCUT2D eigenvalue weighted by Crippen LogP contribution is 2.33. The van der Waals surface area contributed by atoms with Gasteiger partial charge in [0.05, 0.1) is 10.0 Å². The molecule has 0 spiro atoms. The van der Waals surface area contributed by atoms with Crippen molar-refractivity contribution in [3.8, 4) is 22.8 Å². The van der Waals surface area contributed by atoms with Gasteiger partial charge in [-0.1, -0.05) is 23.2 Å². The zero-order valence-electron chi connectivity index (χ0n) is 11.4. The van der Waals surface area contributed by atoms with Crippen LogP contribution >= 0.6 is 23.2 Å². The number of nitrogens with zero attached hydrogens (tertiary/aromatic N) is 3. The third-order valence-electron chi connectivity index (χ3n) is 3.01. The second-order valence-electron chi connectivity index (χ2n) is 4.55. The number of benzene rings is 1. The summed E-state index contributed by atoms with van der Waals surface area (Å²) in [4.78, 5) is 7.99. The van der Waals surface area contributed by atoms with Crippen LogP contribution in [0.5, 0.6) is 0 Å². The Morgan fingerprint density at radius 3 is 2.43 bits per heavy atom. The fraction of sp³-hybridized carbons (Fsp3) is 0. The molecule has 0 aliphatic rings. The number of nitrogens with two attached hydrogens (primary N) is 1. The van der Waals surface area contributed by atoms with Crippen molar-refractivity contribution in [1.82, 2.24) is 20.2 Å². The van der Waals surface area contributed by atoms with E-state index in [4.69, 9.17) is 28.3 Å². The number of primary sulfonamides is 1. The molecule has 118 valence electrons. The van der Waals surface area contributed by atoms with Gasteiger partial charge in [0.1, 0.15) is 4.90 Å². The first kappa shape index (κ1) is 15.9. The lowest BCUT2D eigenvalue weighted by atomic mass is 10.2. The molecule has 1 aromatic carbocycles. The largest absolute Gasteiger partial charge is 0.265 e. The Kier molecular flexibility index (Phi) is 4.07. The van der Waals surface area contributed by atoms with Gasteiger partial charge >= 0.3 is 0 Å². The molecule has 7 nitrogen and oxygen atoms in total. The molecule has 2 heterocycles. The molecule has 10 heteroatoms. The van der Waals surface area contributed by atoms with Crippen molar-refractivity contribution >= 4 is 33.2 Å². The van der Waals surface area contributed by atoms with Crippen molar-refractivity contribution < 1.29 is 8.42 Å². The quantitative estimate of drug-likeness (QED) is 0.735. The van der Waals surface area contributed by atoms with E-state index in [9.17, 15) is 8.42 Å². The zero-order valence-corrected chi connectivity index (χ0v) is 13.7. The Balaban J connectivity index is 2.11. The SMILES string of the molecule is NS(=O)(=O)c1cc(-c2nc(-c3ccncc3)n[nH]2)c(Cl)cc1Cl. The van der Waals surface area contributed by atoms with Crippen LogP contribution in [0, 0.1) is 0 Å². The molecule has 3 rings (SSSR count). The number of nitrogens with one attached hydrogen (secondary N) is 1. The van der Waals surface area contributed by atoms with Gasteiger partial charge in [0, 0.05) is 23.5 Å². The van der Waals surface area contributed by atoms with E-state index in [1.54, 1.807) is 24.5 Å². The van der Waals surface area contributed by atoms with Gasteiger partial charge in [-0.2, -0.15) is 5.10 Å². The molecule has 0 fully saturated rings. The van der Waals surface area contributed by atoms with Gasteiger partial charge < -0.3 is 0 Å². The maximum absolute atomic E-state index is 11.6. The van der Waals surface area contributed by atoms with Crippen molar-refractivity contribution in [1.29, 1.82) is 0 Å². The first-order valence-electron chi connectivity index (χ1n) is 6.21. The summed E-state index contributed by atoms with van der Waals surface area (Å²) in [7, 11) is -3.99. The minimum absolute atomic E-state index is 0.0601. The molecule has 0 saturated carbocycles. The zero-order chi connectivity index (χ0) is 16.6. The van der Waals surface area contributed by atoms with Crippen LogP contribution in [0.15, 0.2) is 41.6 Å². The summed E-state index contributed by atoms with van der Waals surface area (Å²) in [6.07, 6.45) is 3.22. The molecule has 0 radical (unpaired) electrons. The molecule has 0 bridgehead atoms. The molecule has 0 unspecified atom stereocenters. The molecular formula is C13H9Cl2N5O2S. The monoisotopic (exact) mass is 369 g/mol. The van der Waals surface area contributed by atoms with E-state index in [2.05, 4.69) is 20.2 Å². The highest BCUT2D eigenvalue weighted by atomic mass is 35.5. The van der Waals surface area contributed by atoms with Crippen molar-refractivity contribution in [2.24, 2.45) is 5.14 Å². The summed E-state index contributed by atoms with van der Waals surface area (Å²) >= 11 is 12.0. The number of pyridine rings is 1. The minimum Gasteiger partial charge on any atom is -0.265 e. The topological polar surface area (TPSA) is 115 Å². The van der Waals surface area contributed by atoms with Crippen molar-refractivity contribution in [3.63, 3.8) is 0 Å². The number of sulfonamides is 1. The summed E-state index contributed by atoms with van der Waals surface area (Å²) < 4.78 is 23.1. The smallest absolute Gasteiger partial charge is 0.239 e. The lowest BCUT2D eigenvalue weighted by Gasteiger charge is -2.06. The molecule has 0 amide bonds. The predicted octanol–water partition coefficient (Wildman–Crippen LogP) is 2.49. The number of rotatable bonds is 3. The van der Waals surface area contributed by atoms with E-state index in [0.717, 1.165) is 5.56 Å². The van der Waals surface area contributed by atoms with Gasteiger partial charge in [-0.25, -0.2) is 18.5 Å². The highest BCUT2D eigenvalue weighted by Gasteiger charge is 2.19. The summed E-state index contributed by atoms with van der Waals surface area (Å²) in [5.74, 6) is 0.717. The fourth-order valence-electron chi connectivity index (χ4n) is 1.94. The summed E-state index contributed by atoms with van der Waals surface area (Å²) in [5.41, 5.74) is 1.08. The van der Waals surface area contributed by atoms with E-state index in [1.807, 2.05) is 0 Å². The van der Waals surface area contributed by atoms with Crippen LogP contribution in [-0.2, 0) is 10.0 Å². The lowest BCUT2D eigenvalue weighted by Crippen LogP contribution is -2.13. The van der Waals surface area contributed by atoms with Crippen LogP contribution in [0.25, 0.3) is 22.8 Å². The molecule has 23 heavy (non-hydrogen) atoms. The van der Waals surface area contributed by atoms with Crippen LogP contribution in [-0.4, -0.2) is 28.6 Å². The van der Waals surface area contributed by atoms with Gasteiger partial charge in [-0.3, -0.25) is 10.1 Å². The molecule has 0 saturated heterocycles. The van der Waals surface area contributed by atoms with Crippen molar-refractivity contribution in [3.05, 3.63) is 46.7 Å². The van der Waals surface area contributed by atoms with Crippen LogP contribution in [0.2, 0.25) is 10.0 Å².